The predicted octanol–water partition coefficient (Wildman–Crippen LogP) is 4.60. The number of nitrogens with zero attached hydrogens (tertiary/aromatic N) is 2. The van der Waals surface area contributed by atoms with Gasteiger partial charge in [-0.15, -0.1) is 0 Å². The van der Waals surface area contributed by atoms with Gasteiger partial charge in [-0.05, 0) is 61.9 Å². The Balaban J connectivity index is 1.56. The van der Waals surface area contributed by atoms with Crippen molar-refractivity contribution in [1.29, 1.82) is 0 Å². The van der Waals surface area contributed by atoms with Gasteiger partial charge in [-0.3, -0.25) is 9.89 Å². The third-order valence-corrected chi connectivity index (χ3v) is 4.13. The van der Waals surface area contributed by atoms with Crippen molar-refractivity contribution in [1.82, 2.24) is 15.2 Å². The van der Waals surface area contributed by atoms with Crippen LogP contribution in [0.25, 0.3) is 11.4 Å². The van der Waals surface area contributed by atoms with Crippen molar-refractivity contribution in [2.45, 2.75) is 33.1 Å². The molecule has 0 saturated carbocycles. The van der Waals surface area contributed by atoms with Crippen molar-refractivity contribution < 1.29 is 9.53 Å². The van der Waals surface area contributed by atoms with Gasteiger partial charge < -0.3 is 10.1 Å². The van der Waals surface area contributed by atoms with Crippen LogP contribution in [0.1, 0.15) is 42.4 Å². The number of aromatic amines is 1. The predicted molar refractivity (Wildman–Crippen MR) is 106 cm³/mol. The Hall–Kier alpha value is -3.15. The minimum Gasteiger partial charge on any atom is -0.494 e. The van der Waals surface area contributed by atoms with Crippen molar-refractivity contribution in [2.75, 3.05) is 11.9 Å². The summed E-state index contributed by atoms with van der Waals surface area (Å²) < 4.78 is 5.67. The molecule has 140 valence electrons. The molecule has 1 aromatic heterocycles. The lowest BCUT2D eigenvalue weighted by Gasteiger charge is -2.08. The summed E-state index contributed by atoms with van der Waals surface area (Å²) in [4.78, 5) is 16.7. The molecule has 0 unspecified atom stereocenters. The summed E-state index contributed by atoms with van der Waals surface area (Å²) in [6.45, 7) is 4.72. The lowest BCUT2D eigenvalue weighted by atomic mass is 10.1. The monoisotopic (exact) mass is 364 g/mol. The van der Waals surface area contributed by atoms with Crippen molar-refractivity contribution in [3.05, 3.63) is 59.9 Å². The molecule has 0 aliphatic rings. The second kappa shape index (κ2) is 8.98. The van der Waals surface area contributed by atoms with Crippen LogP contribution in [0.4, 0.5) is 5.69 Å². The van der Waals surface area contributed by atoms with Gasteiger partial charge in [0.05, 0.1) is 6.61 Å². The molecule has 27 heavy (non-hydrogen) atoms. The summed E-state index contributed by atoms with van der Waals surface area (Å²) in [5.41, 5.74) is 2.20. The Morgan fingerprint density at radius 1 is 1.07 bits per heavy atom. The van der Waals surface area contributed by atoms with Crippen LogP contribution < -0.4 is 10.1 Å². The number of rotatable bonds is 8. The third kappa shape index (κ3) is 5.17. The Kier molecular flexibility index (Phi) is 6.20. The van der Waals surface area contributed by atoms with Gasteiger partial charge in [0.15, 0.2) is 5.82 Å². The molecule has 6 heteroatoms. The van der Waals surface area contributed by atoms with Gasteiger partial charge in [-0.2, -0.15) is 5.10 Å². The van der Waals surface area contributed by atoms with Crippen molar-refractivity contribution in [2.24, 2.45) is 0 Å². The summed E-state index contributed by atoms with van der Waals surface area (Å²) in [7, 11) is 0. The molecule has 1 amide bonds. The highest BCUT2D eigenvalue weighted by Crippen LogP contribution is 2.19. The number of nitrogens with one attached hydrogen (secondary N) is 2. The van der Waals surface area contributed by atoms with Crippen LogP contribution >= 0.6 is 0 Å². The first-order valence-electron chi connectivity index (χ1n) is 9.19. The molecule has 1 heterocycles. The van der Waals surface area contributed by atoms with Gasteiger partial charge in [-0.1, -0.05) is 19.8 Å². The van der Waals surface area contributed by atoms with Crippen LogP contribution in [0.5, 0.6) is 5.75 Å². The highest BCUT2D eigenvalue weighted by molar-refractivity contribution is 6.04. The van der Waals surface area contributed by atoms with Crippen molar-refractivity contribution in [3.63, 3.8) is 0 Å². The quantitative estimate of drug-likeness (QED) is 0.572. The molecule has 0 spiro atoms. The van der Waals surface area contributed by atoms with Crippen LogP contribution in [-0.4, -0.2) is 27.7 Å². The van der Waals surface area contributed by atoms with Crippen molar-refractivity contribution in [3.8, 4) is 17.1 Å². The molecule has 3 rings (SSSR count). The zero-order valence-electron chi connectivity index (χ0n) is 15.7. The second-order valence-corrected chi connectivity index (χ2v) is 6.36. The summed E-state index contributed by atoms with van der Waals surface area (Å²) in [5, 5.41) is 9.84. The van der Waals surface area contributed by atoms with Crippen LogP contribution in [0, 0.1) is 6.92 Å². The van der Waals surface area contributed by atoms with Gasteiger partial charge >= 0.3 is 0 Å². The van der Waals surface area contributed by atoms with E-state index in [1.54, 1.807) is 12.1 Å². The van der Waals surface area contributed by atoms with Crippen LogP contribution in [0.15, 0.2) is 48.5 Å². The van der Waals surface area contributed by atoms with Gasteiger partial charge in [0.1, 0.15) is 11.6 Å². The number of carbonyl (C=O) groups excluding carboxylic acids is 1. The van der Waals surface area contributed by atoms with Gasteiger partial charge in [0, 0.05) is 16.8 Å². The molecule has 6 nitrogen and oxygen atoms in total. The number of aromatic nitrogens is 3. The maximum Gasteiger partial charge on any atom is 0.255 e. The number of ether oxygens (including phenoxy) is 1. The smallest absolute Gasteiger partial charge is 0.255 e. The van der Waals surface area contributed by atoms with Gasteiger partial charge in [-0.25, -0.2) is 4.98 Å². The summed E-state index contributed by atoms with van der Waals surface area (Å²) >= 11 is 0. The summed E-state index contributed by atoms with van der Waals surface area (Å²) in [6, 6.07) is 14.6. The zero-order valence-corrected chi connectivity index (χ0v) is 15.7. The molecule has 2 N–H and O–H groups in total. The first-order valence-corrected chi connectivity index (χ1v) is 9.19. The number of carbonyl (C=O) groups is 1. The van der Waals surface area contributed by atoms with E-state index in [0.717, 1.165) is 35.7 Å². The van der Waals surface area contributed by atoms with E-state index >= 15 is 0 Å². The lowest BCUT2D eigenvalue weighted by Crippen LogP contribution is -2.11. The summed E-state index contributed by atoms with van der Waals surface area (Å²) in [6.07, 6.45) is 3.37. The number of anilines is 1. The molecule has 0 aliphatic carbocycles. The first-order chi connectivity index (χ1) is 13.2. The van der Waals surface area contributed by atoms with Crippen LogP contribution in [0.3, 0.4) is 0 Å². The SMILES string of the molecule is CCCCCOc1ccc(C(=O)Nc2ccc(-c3n[nH]c(C)n3)cc2)cc1. The number of hydrogen-bond donors (Lipinski definition) is 2. The number of H-pyrrole nitrogens is 1. The van der Waals surface area contributed by atoms with E-state index < -0.39 is 0 Å². The van der Waals surface area contributed by atoms with E-state index in [1.165, 1.54) is 6.42 Å². The zero-order chi connectivity index (χ0) is 19.1. The van der Waals surface area contributed by atoms with Gasteiger partial charge in [0.2, 0.25) is 0 Å². The lowest BCUT2D eigenvalue weighted by molar-refractivity contribution is 0.102. The Labute approximate surface area is 159 Å². The fourth-order valence-corrected chi connectivity index (χ4v) is 2.62. The maximum atomic E-state index is 12.4. The van der Waals surface area contributed by atoms with E-state index in [1.807, 2.05) is 43.3 Å². The minimum absolute atomic E-state index is 0.158. The molecule has 3 aromatic rings. The normalized spacial score (nSPS) is 10.6. The fraction of sp³-hybridized carbons (Fsp3) is 0.286. The van der Waals surface area contributed by atoms with E-state index in [-0.39, 0.29) is 5.91 Å². The van der Waals surface area contributed by atoms with E-state index in [2.05, 4.69) is 27.4 Å². The van der Waals surface area contributed by atoms with E-state index in [0.29, 0.717) is 18.0 Å². The average molecular weight is 364 g/mol. The summed E-state index contributed by atoms with van der Waals surface area (Å²) in [5.74, 6) is 2.03. The molecule has 0 fully saturated rings. The molecular weight excluding hydrogens is 340 g/mol. The number of amides is 1. The fourth-order valence-electron chi connectivity index (χ4n) is 2.62. The third-order valence-electron chi connectivity index (χ3n) is 4.13. The number of benzene rings is 2. The molecule has 0 saturated heterocycles. The van der Waals surface area contributed by atoms with Gasteiger partial charge in [0.25, 0.3) is 5.91 Å². The first kappa shape index (κ1) is 18.6. The topological polar surface area (TPSA) is 79.9 Å². The molecule has 2 aromatic carbocycles. The van der Waals surface area contributed by atoms with Crippen molar-refractivity contribution >= 4 is 11.6 Å². The molecule has 0 radical (unpaired) electrons. The molecule has 0 atom stereocenters. The highest BCUT2D eigenvalue weighted by atomic mass is 16.5. The number of aryl methyl sites for hydroxylation is 1. The molecular formula is C21H24N4O2. The maximum absolute atomic E-state index is 12.4. The van der Waals surface area contributed by atoms with E-state index in [9.17, 15) is 4.79 Å². The van der Waals surface area contributed by atoms with Crippen LogP contribution in [-0.2, 0) is 0 Å². The number of unbranched alkanes of at least 4 members (excludes halogenated alkanes) is 2. The average Bonchev–Trinajstić information content (AvgIpc) is 3.13. The Morgan fingerprint density at radius 3 is 2.44 bits per heavy atom. The second-order valence-electron chi connectivity index (χ2n) is 6.36. The highest BCUT2D eigenvalue weighted by Gasteiger charge is 2.08. The standard InChI is InChI=1S/C21H24N4O2/c1-3-4-5-14-27-19-12-8-17(9-13-19)21(26)23-18-10-6-16(7-11-18)20-22-15(2)24-25-20/h6-13H,3-5,14H2,1-2H3,(H,23,26)(H,22,24,25). The van der Waals surface area contributed by atoms with E-state index in [4.69, 9.17) is 4.74 Å². The van der Waals surface area contributed by atoms with Crippen LogP contribution in [0.2, 0.25) is 0 Å². The Morgan fingerprint density at radius 2 is 1.81 bits per heavy atom. The molecule has 0 aliphatic heterocycles. The largest absolute Gasteiger partial charge is 0.494 e. The Bertz CT molecular complexity index is 870. The minimum atomic E-state index is -0.158. The molecule has 0 bridgehead atoms. The number of hydrogen-bond acceptors (Lipinski definition) is 4.